The van der Waals surface area contributed by atoms with Crippen LogP contribution in [0.5, 0.6) is 0 Å². The molecule has 1 saturated heterocycles. The van der Waals surface area contributed by atoms with Crippen LogP contribution in [-0.4, -0.2) is 57.1 Å². The summed E-state index contributed by atoms with van der Waals surface area (Å²) in [7, 11) is 0.185. The molecule has 5 nitrogen and oxygen atoms in total. The Morgan fingerprint density at radius 3 is 2.43 bits per heavy atom. The van der Waals surface area contributed by atoms with Crippen molar-refractivity contribution in [3.63, 3.8) is 0 Å². The number of rotatable bonds is 5. The van der Waals surface area contributed by atoms with Crippen LogP contribution in [-0.2, 0) is 10.0 Å². The number of hydrogen-bond acceptors (Lipinski definition) is 4. The second-order valence-electron chi connectivity index (χ2n) is 5.78. The number of benzene rings is 1. The topological polar surface area (TPSA) is 57.7 Å². The second-order valence-corrected chi connectivity index (χ2v) is 7.83. The molecule has 21 heavy (non-hydrogen) atoms. The number of likely N-dealkylation sites (tertiary alicyclic amines) is 1. The first kappa shape index (κ1) is 16.1. The summed E-state index contributed by atoms with van der Waals surface area (Å²) >= 11 is 0. The molecule has 116 valence electrons. The standard InChI is InChI=1S/C15H22N2O3S/c1-12(18)14-4-6-15(7-5-14)21(19,20)17(3)11-13-8-9-16(2)10-13/h4-7,13H,8-11H2,1-3H3. The van der Waals surface area contributed by atoms with Crippen LogP contribution in [0.3, 0.4) is 0 Å². The van der Waals surface area contributed by atoms with Crippen molar-refractivity contribution in [2.45, 2.75) is 18.2 Å². The molecule has 1 fully saturated rings. The maximum Gasteiger partial charge on any atom is 0.242 e. The van der Waals surface area contributed by atoms with E-state index in [1.54, 1.807) is 19.2 Å². The molecule has 0 aromatic heterocycles. The molecule has 1 aromatic carbocycles. The fraction of sp³-hybridized carbons (Fsp3) is 0.533. The molecule has 1 atom stereocenters. The van der Waals surface area contributed by atoms with Crippen LogP contribution in [0.25, 0.3) is 0 Å². The van der Waals surface area contributed by atoms with Gasteiger partial charge in [-0.3, -0.25) is 4.79 Å². The summed E-state index contributed by atoms with van der Waals surface area (Å²) in [6.07, 6.45) is 1.03. The zero-order valence-electron chi connectivity index (χ0n) is 12.7. The average Bonchev–Trinajstić information content (AvgIpc) is 2.84. The predicted octanol–water partition coefficient (Wildman–Crippen LogP) is 1.46. The van der Waals surface area contributed by atoms with Gasteiger partial charge in [-0.15, -0.1) is 0 Å². The van der Waals surface area contributed by atoms with Crippen LogP contribution >= 0.6 is 0 Å². The molecule has 1 aromatic rings. The molecule has 6 heteroatoms. The summed E-state index contributed by atoms with van der Waals surface area (Å²) in [5.74, 6) is 0.313. The lowest BCUT2D eigenvalue weighted by atomic mass is 10.1. The van der Waals surface area contributed by atoms with Gasteiger partial charge in [-0.25, -0.2) is 12.7 Å². The fourth-order valence-corrected chi connectivity index (χ4v) is 3.93. The van der Waals surface area contributed by atoms with E-state index in [1.165, 1.54) is 23.4 Å². The monoisotopic (exact) mass is 310 g/mol. The van der Waals surface area contributed by atoms with Crippen molar-refractivity contribution >= 4 is 15.8 Å². The van der Waals surface area contributed by atoms with E-state index in [9.17, 15) is 13.2 Å². The van der Waals surface area contributed by atoms with Gasteiger partial charge >= 0.3 is 0 Å². The Balaban J connectivity index is 2.11. The summed E-state index contributed by atoms with van der Waals surface area (Å²) < 4.78 is 26.4. The molecule has 1 aliphatic heterocycles. The van der Waals surface area contributed by atoms with Gasteiger partial charge in [0.05, 0.1) is 4.90 Å². The molecule has 0 amide bonds. The van der Waals surface area contributed by atoms with Crippen LogP contribution in [0, 0.1) is 5.92 Å². The number of hydrogen-bond donors (Lipinski definition) is 0. The number of ketones is 1. The zero-order chi connectivity index (χ0) is 15.6. The van der Waals surface area contributed by atoms with E-state index in [4.69, 9.17) is 0 Å². The van der Waals surface area contributed by atoms with E-state index < -0.39 is 10.0 Å². The van der Waals surface area contributed by atoms with E-state index in [2.05, 4.69) is 11.9 Å². The summed E-state index contributed by atoms with van der Waals surface area (Å²) in [6, 6.07) is 6.13. The lowest BCUT2D eigenvalue weighted by Gasteiger charge is -2.21. The molecular formula is C15H22N2O3S. The van der Waals surface area contributed by atoms with Crippen molar-refractivity contribution in [2.24, 2.45) is 5.92 Å². The molecule has 2 rings (SSSR count). The summed E-state index contributed by atoms with van der Waals surface area (Å²) in [5, 5.41) is 0. The number of nitrogens with zero attached hydrogens (tertiary/aromatic N) is 2. The SMILES string of the molecule is CC(=O)c1ccc(S(=O)(=O)N(C)CC2CCN(C)C2)cc1. The molecule has 0 spiro atoms. The second kappa shape index (κ2) is 6.25. The third-order valence-corrected chi connectivity index (χ3v) is 5.81. The lowest BCUT2D eigenvalue weighted by molar-refractivity contribution is 0.101. The molecule has 0 radical (unpaired) electrons. The quantitative estimate of drug-likeness (QED) is 0.773. The molecule has 1 aliphatic rings. The Labute approximate surface area is 126 Å². The predicted molar refractivity (Wildman–Crippen MR) is 81.9 cm³/mol. The summed E-state index contributed by atoms with van der Waals surface area (Å²) in [6.45, 7) is 3.95. The molecular weight excluding hydrogens is 288 g/mol. The molecule has 0 saturated carbocycles. The minimum Gasteiger partial charge on any atom is -0.306 e. The third-order valence-electron chi connectivity index (χ3n) is 3.97. The molecule has 0 bridgehead atoms. The highest BCUT2D eigenvalue weighted by Crippen LogP contribution is 2.20. The van der Waals surface area contributed by atoms with E-state index in [1.807, 2.05) is 0 Å². The van der Waals surface area contributed by atoms with E-state index in [0.29, 0.717) is 18.0 Å². The van der Waals surface area contributed by atoms with Crippen molar-refractivity contribution in [1.82, 2.24) is 9.21 Å². The third kappa shape index (κ3) is 3.70. The summed E-state index contributed by atoms with van der Waals surface area (Å²) in [4.78, 5) is 13.7. The van der Waals surface area contributed by atoms with E-state index in [0.717, 1.165) is 19.5 Å². The molecule has 1 heterocycles. The number of Topliss-reactive ketones (excluding diaryl/α,β-unsaturated/α-hetero) is 1. The Hall–Kier alpha value is -1.24. The highest BCUT2D eigenvalue weighted by atomic mass is 32.2. The molecule has 1 unspecified atom stereocenters. The number of sulfonamides is 1. The van der Waals surface area contributed by atoms with Gasteiger partial charge < -0.3 is 4.90 Å². The van der Waals surface area contributed by atoms with Gasteiger partial charge in [-0.05, 0) is 45.0 Å². The Morgan fingerprint density at radius 1 is 1.33 bits per heavy atom. The first-order valence-corrected chi connectivity index (χ1v) is 8.50. The molecule has 0 N–H and O–H groups in total. The van der Waals surface area contributed by atoms with Crippen molar-refractivity contribution < 1.29 is 13.2 Å². The Kier molecular flexibility index (Phi) is 4.81. The van der Waals surface area contributed by atoms with Crippen LogP contribution in [0.15, 0.2) is 29.2 Å². The van der Waals surface area contributed by atoms with Crippen molar-refractivity contribution in [3.05, 3.63) is 29.8 Å². The van der Waals surface area contributed by atoms with Crippen molar-refractivity contribution in [1.29, 1.82) is 0 Å². The minimum atomic E-state index is -3.48. The maximum absolute atomic E-state index is 12.5. The highest BCUT2D eigenvalue weighted by molar-refractivity contribution is 7.89. The first-order chi connectivity index (χ1) is 9.80. The minimum absolute atomic E-state index is 0.0682. The van der Waals surface area contributed by atoms with Crippen LogP contribution in [0.2, 0.25) is 0 Å². The van der Waals surface area contributed by atoms with Gasteiger partial charge in [-0.1, -0.05) is 12.1 Å². The number of carbonyl (C=O) groups excluding carboxylic acids is 1. The van der Waals surface area contributed by atoms with Crippen LogP contribution in [0.4, 0.5) is 0 Å². The average molecular weight is 310 g/mol. The largest absolute Gasteiger partial charge is 0.306 e. The lowest BCUT2D eigenvalue weighted by Crippen LogP contribution is -2.32. The number of carbonyl (C=O) groups is 1. The Morgan fingerprint density at radius 2 is 1.95 bits per heavy atom. The van der Waals surface area contributed by atoms with Gasteiger partial charge in [0, 0.05) is 25.7 Å². The Bertz CT molecular complexity index is 610. The van der Waals surface area contributed by atoms with Crippen molar-refractivity contribution in [2.75, 3.05) is 33.7 Å². The maximum atomic E-state index is 12.5. The first-order valence-electron chi connectivity index (χ1n) is 7.06. The smallest absolute Gasteiger partial charge is 0.242 e. The highest BCUT2D eigenvalue weighted by Gasteiger charge is 2.27. The van der Waals surface area contributed by atoms with Crippen LogP contribution in [0.1, 0.15) is 23.7 Å². The molecule has 0 aliphatic carbocycles. The van der Waals surface area contributed by atoms with Gasteiger partial charge in [0.2, 0.25) is 10.0 Å². The van der Waals surface area contributed by atoms with Crippen LogP contribution < -0.4 is 0 Å². The fourth-order valence-electron chi connectivity index (χ4n) is 2.68. The van der Waals surface area contributed by atoms with Gasteiger partial charge in [0.25, 0.3) is 0 Å². The van der Waals surface area contributed by atoms with Crippen molar-refractivity contribution in [3.8, 4) is 0 Å². The van der Waals surface area contributed by atoms with Gasteiger partial charge in [-0.2, -0.15) is 0 Å². The zero-order valence-corrected chi connectivity index (χ0v) is 13.6. The summed E-state index contributed by atoms with van der Waals surface area (Å²) in [5.41, 5.74) is 0.522. The normalized spacial score (nSPS) is 20.1. The van der Waals surface area contributed by atoms with Gasteiger partial charge in [0.1, 0.15) is 0 Å². The van der Waals surface area contributed by atoms with E-state index >= 15 is 0 Å². The van der Waals surface area contributed by atoms with E-state index in [-0.39, 0.29) is 10.7 Å². The van der Waals surface area contributed by atoms with Gasteiger partial charge in [0.15, 0.2) is 5.78 Å².